The van der Waals surface area contributed by atoms with Crippen LogP contribution in [0.25, 0.3) is 0 Å². The van der Waals surface area contributed by atoms with Crippen molar-refractivity contribution in [3.63, 3.8) is 0 Å². The van der Waals surface area contributed by atoms with Crippen LogP contribution < -0.4 is 4.74 Å². The van der Waals surface area contributed by atoms with Crippen molar-refractivity contribution in [2.24, 2.45) is 0 Å². The van der Waals surface area contributed by atoms with Gasteiger partial charge in [0.25, 0.3) is 0 Å². The predicted octanol–water partition coefficient (Wildman–Crippen LogP) is 3.12. The van der Waals surface area contributed by atoms with E-state index in [0.29, 0.717) is 5.92 Å². The van der Waals surface area contributed by atoms with Gasteiger partial charge in [-0.25, -0.2) is 0 Å². The summed E-state index contributed by atoms with van der Waals surface area (Å²) in [5, 5.41) is 0. The first-order chi connectivity index (χ1) is 6.27. The molecule has 0 bridgehead atoms. The second kappa shape index (κ2) is 5.18. The molecule has 0 saturated carbocycles. The Kier molecular flexibility index (Phi) is 4.16. The van der Waals surface area contributed by atoms with Gasteiger partial charge in [0.1, 0.15) is 5.75 Å². The number of hydrogen-bond donors (Lipinski definition) is 1. The summed E-state index contributed by atoms with van der Waals surface area (Å²) in [7, 11) is 1.69. The fourth-order valence-electron chi connectivity index (χ4n) is 1.29. The Hall–Kier alpha value is -0.630. The summed E-state index contributed by atoms with van der Waals surface area (Å²) in [5.74, 6) is 2.44. The van der Waals surface area contributed by atoms with Crippen molar-refractivity contribution < 1.29 is 4.74 Å². The van der Waals surface area contributed by atoms with E-state index in [1.165, 1.54) is 5.56 Å². The molecule has 0 N–H and O–H groups in total. The van der Waals surface area contributed by atoms with Crippen LogP contribution in [0.1, 0.15) is 24.8 Å². The lowest BCUT2D eigenvalue weighted by Gasteiger charge is -2.10. The van der Waals surface area contributed by atoms with E-state index in [0.717, 1.165) is 17.9 Å². The van der Waals surface area contributed by atoms with E-state index in [1.54, 1.807) is 7.11 Å². The van der Waals surface area contributed by atoms with Gasteiger partial charge in [-0.15, -0.1) is 0 Å². The number of rotatable bonds is 4. The van der Waals surface area contributed by atoms with Crippen LogP contribution in [0, 0.1) is 0 Å². The maximum atomic E-state index is 5.09. The fourth-order valence-corrected chi connectivity index (χ4v) is 1.68. The van der Waals surface area contributed by atoms with Crippen molar-refractivity contribution in [1.82, 2.24) is 0 Å². The maximum absolute atomic E-state index is 5.09. The zero-order valence-corrected chi connectivity index (χ0v) is 9.05. The lowest BCUT2D eigenvalue weighted by atomic mass is 9.99. The Morgan fingerprint density at radius 2 is 1.92 bits per heavy atom. The van der Waals surface area contributed by atoms with Crippen molar-refractivity contribution in [3.05, 3.63) is 29.8 Å². The van der Waals surface area contributed by atoms with E-state index >= 15 is 0 Å². The second-order valence-electron chi connectivity index (χ2n) is 3.19. The van der Waals surface area contributed by atoms with Gasteiger partial charge in [0.15, 0.2) is 0 Å². The molecular weight excluding hydrogens is 180 g/mol. The molecule has 1 atom stereocenters. The monoisotopic (exact) mass is 196 g/mol. The largest absolute Gasteiger partial charge is 0.497 e. The first kappa shape index (κ1) is 10.5. The maximum Gasteiger partial charge on any atom is 0.118 e. The van der Waals surface area contributed by atoms with Crippen LogP contribution in [0.15, 0.2) is 24.3 Å². The molecule has 0 aliphatic carbocycles. The minimum absolute atomic E-state index is 0.586. The zero-order chi connectivity index (χ0) is 9.68. The van der Waals surface area contributed by atoms with Crippen LogP contribution >= 0.6 is 12.6 Å². The topological polar surface area (TPSA) is 9.23 Å². The Morgan fingerprint density at radius 3 is 2.38 bits per heavy atom. The van der Waals surface area contributed by atoms with Gasteiger partial charge >= 0.3 is 0 Å². The summed E-state index contributed by atoms with van der Waals surface area (Å²) in [5.41, 5.74) is 1.36. The summed E-state index contributed by atoms with van der Waals surface area (Å²) < 4.78 is 5.09. The van der Waals surface area contributed by atoms with Gasteiger partial charge in [-0.3, -0.25) is 0 Å². The van der Waals surface area contributed by atoms with Gasteiger partial charge < -0.3 is 4.74 Å². The normalized spacial score (nSPS) is 12.5. The van der Waals surface area contributed by atoms with Gasteiger partial charge in [0.2, 0.25) is 0 Å². The van der Waals surface area contributed by atoms with Crippen LogP contribution in [0.3, 0.4) is 0 Å². The molecule has 1 nitrogen and oxygen atoms in total. The minimum Gasteiger partial charge on any atom is -0.497 e. The molecule has 0 aromatic heterocycles. The van der Waals surface area contributed by atoms with Crippen LogP contribution in [-0.4, -0.2) is 12.9 Å². The molecule has 0 fully saturated rings. The van der Waals surface area contributed by atoms with Gasteiger partial charge in [0, 0.05) is 0 Å². The molecule has 1 aromatic carbocycles. The van der Waals surface area contributed by atoms with E-state index < -0.39 is 0 Å². The Balaban J connectivity index is 2.67. The smallest absolute Gasteiger partial charge is 0.118 e. The summed E-state index contributed by atoms with van der Waals surface area (Å²) in [6.45, 7) is 2.22. The highest BCUT2D eigenvalue weighted by molar-refractivity contribution is 7.80. The molecule has 1 rings (SSSR count). The van der Waals surface area contributed by atoms with Crippen LogP contribution in [0.2, 0.25) is 0 Å². The third-order valence-corrected chi connectivity index (χ3v) is 2.51. The second-order valence-corrected chi connectivity index (χ2v) is 3.63. The summed E-state index contributed by atoms with van der Waals surface area (Å²) in [6.07, 6.45) is 1.12. The first-order valence-corrected chi connectivity index (χ1v) is 5.16. The quantitative estimate of drug-likeness (QED) is 0.728. The lowest BCUT2D eigenvalue weighted by Crippen LogP contribution is -1.94. The minimum atomic E-state index is 0.586. The molecule has 0 amide bonds. The van der Waals surface area contributed by atoms with Crippen molar-refractivity contribution in [1.29, 1.82) is 0 Å². The number of methoxy groups -OCH3 is 1. The lowest BCUT2D eigenvalue weighted by molar-refractivity contribution is 0.414. The van der Waals surface area contributed by atoms with E-state index in [1.807, 2.05) is 12.1 Å². The van der Waals surface area contributed by atoms with Gasteiger partial charge in [-0.2, -0.15) is 12.6 Å². The molecule has 0 aliphatic heterocycles. The molecule has 0 spiro atoms. The highest BCUT2D eigenvalue weighted by atomic mass is 32.1. The molecule has 0 heterocycles. The fraction of sp³-hybridized carbons (Fsp3) is 0.455. The van der Waals surface area contributed by atoms with Crippen molar-refractivity contribution in [3.8, 4) is 5.75 Å². The van der Waals surface area contributed by atoms with Gasteiger partial charge in [-0.05, 0) is 35.8 Å². The van der Waals surface area contributed by atoms with E-state index in [-0.39, 0.29) is 0 Å². The number of ether oxygens (including phenoxy) is 1. The summed E-state index contributed by atoms with van der Waals surface area (Å²) in [4.78, 5) is 0. The Labute approximate surface area is 85.5 Å². The van der Waals surface area contributed by atoms with Crippen LogP contribution in [0.5, 0.6) is 5.75 Å². The van der Waals surface area contributed by atoms with E-state index in [2.05, 4.69) is 31.7 Å². The third kappa shape index (κ3) is 2.96. The molecule has 2 heteroatoms. The van der Waals surface area contributed by atoms with Crippen LogP contribution in [0.4, 0.5) is 0 Å². The molecule has 0 saturated heterocycles. The zero-order valence-electron chi connectivity index (χ0n) is 8.16. The number of benzene rings is 1. The standard InChI is InChI=1S/C11H16OS/c1-9(7-8-13)10-3-5-11(12-2)6-4-10/h3-6,9,13H,7-8H2,1-2H3. The predicted molar refractivity (Wildman–Crippen MR) is 59.9 cm³/mol. The van der Waals surface area contributed by atoms with Gasteiger partial charge in [-0.1, -0.05) is 19.1 Å². The molecule has 1 unspecified atom stereocenters. The molecular formula is C11H16OS. The highest BCUT2D eigenvalue weighted by Crippen LogP contribution is 2.21. The van der Waals surface area contributed by atoms with Crippen molar-refractivity contribution in [2.75, 3.05) is 12.9 Å². The Bertz CT molecular complexity index is 243. The average Bonchev–Trinajstić information content (AvgIpc) is 2.18. The third-order valence-electron chi connectivity index (χ3n) is 2.25. The van der Waals surface area contributed by atoms with Crippen LogP contribution in [-0.2, 0) is 0 Å². The molecule has 0 aliphatic rings. The molecule has 13 heavy (non-hydrogen) atoms. The molecule has 1 aromatic rings. The number of thiol groups is 1. The number of hydrogen-bond acceptors (Lipinski definition) is 2. The van der Waals surface area contributed by atoms with E-state index in [9.17, 15) is 0 Å². The Morgan fingerprint density at radius 1 is 1.31 bits per heavy atom. The average molecular weight is 196 g/mol. The highest BCUT2D eigenvalue weighted by Gasteiger charge is 2.03. The van der Waals surface area contributed by atoms with E-state index in [4.69, 9.17) is 4.74 Å². The summed E-state index contributed by atoms with van der Waals surface area (Å²) >= 11 is 4.22. The summed E-state index contributed by atoms with van der Waals surface area (Å²) in [6, 6.07) is 8.24. The SMILES string of the molecule is COc1ccc(C(C)CCS)cc1. The molecule has 72 valence electrons. The molecule has 0 radical (unpaired) electrons. The van der Waals surface area contributed by atoms with Crippen molar-refractivity contribution >= 4 is 12.6 Å². The van der Waals surface area contributed by atoms with Crippen molar-refractivity contribution in [2.45, 2.75) is 19.3 Å². The first-order valence-electron chi connectivity index (χ1n) is 4.52. The van der Waals surface area contributed by atoms with Gasteiger partial charge in [0.05, 0.1) is 7.11 Å².